The highest BCUT2D eigenvalue weighted by molar-refractivity contribution is 8.14. The van der Waals surface area contributed by atoms with E-state index in [9.17, 15) is 0 Å². The number of nitrogens with zero attached hydrogens (tertiary/aromatic N) is 2. The Kier molecular flexibility index (Phi) is 4.53. The third kappa shape index (κ3) is 3.19. The maximum absolute atomic E-state index is 4.75. The van der Waals surface area contributed by atoms with Gasteiger partial charge in [0.25, 0.3) is 0 Å². The predicted octanol–water partition coefficient (Wildman–Crippen LogP) is 3.44. The van der Waals surface area contributed by atoms with E-state index in [2.05, 4.69) is 55.5 Å². The molecule has 0 amide bonds. The number of anilines is 2. The van der Waals surface area contributed by atoms with Crippen LogP contribution in [0.3, 0.4) is 0 Å². The quantitative estimate of drug-likeness (QED) is 0.905. The largest absolute Gasteiger partial charge is 0.376 e. The Labute approximate surface area is 114 Å². The lowest BCUT2D eigenvalue weighted by atomic mass is 10.2. The van der Waals surface area contributed by atoms with Gasteiger partial charge >= 0.3 is 0 Å². The van der Waals surface area contributed by atoms with Crippen molar-refractivity contribution in [2.24, 2.45) is 4.99 Å². The molecule has 0 aliphatic carbocycles. The van der Waals surface area contributed by atoms with Crippen LogP contribution in [0.25, 0.3) is 0 Å². The third-order valence-corrected chi connectivity index (χ3v) is 4.01. The first-order valence-electron chi connectivity index (χ1n) is 6.44. The Morgan fingerprint density at radius 1 is 1.39 bits per heavy atom. The molecule has 4 heteroatoms. The van der Waals surface area contributed by atoms with Crippen LogP contribution in [0.4, 0.5) is 11.4 Å². The van der Waals surface area contributed by atoms with Gasteiger partial charge in [-0.25, -0.2) is 0 Å². The topological polar surface area (TPSA) is 27.6 Å². The molecule has 1 aromatic rings. The molecule has 1 unspecified atom stereocenters. The van der Waals surface area contributed by atoms with Gasteiger partial charge in [0.05, 0.1) is 17.4 Å². The molecule has 0 aromatic heterocycles. The summed E-state index contributed by atoms with van der Waals surface area (Å²) >= 11 is 1.82. The summed E-state index contributed by atoms with van der Waals surface area (Å²) in [6.45, 7) is 2.20. The second kappa shape index (κ2) is 6.14. The van der Waals surface area contributed by atoms with Crippen LogP contribution in [0.5, 0.6) is 0 Å². The summed E-state index contributed by atoms with van der Waals surface area (Å²) in [6, 6.07) is 8.83. The molecule has 0 radical (unpaired) electrons. The summed E-state index contributed by atoms with van der Waals surface area (Å²) in [5, 5.41) is 4.52. The van der Waals surface area contributed by atoms with E-state index in [1.54, 1.807) is 0 Å². The van der Waals surface area contributed by atoms with Gasteiger partial charge in [-0.05, 0) is 25.0 Å². The maximum atomic E-state index is 4.75. The molecule has 0 saturated heterocycles. The Balaban J connectivity index is 2.16. The van der Waals surface area contributed by atoms with Gasteiger partial charge in [-0.3, -0.25) is 4.99 Å². The predicted molar refractivity (Wildman–Crippen MR) is 83.0 cm³/mol. The number of rotatable bonds is 3. The van der Waals surface area contributed by atoms with Crippen molar-refractivity contribution < 1.29 is 0 Å². The second-order valence-electron chi connectivity index (χ2n) is 4.67. The van der Waals surface area contributed by atoms with Crippen molar-refractivity contribution in [3.8, 4) is 0 Å². The molecule has 0 saturated carbocycles. The first-order chi connectivity index (χ1) is 8.70. The molecule has 1 N–H and O–H groups in total. The standard InChI is InChI=1S/C14H21N3S/c1-4-11-9-10-18-14(15-11)16-12-7-5-6-8-13(12)17(2)3/h5-8,11H,4,9-10H2,1-3H3,(H,15,16). The van der Waals surface area contributed by atoms with E-state index in [4.69, 9.17) is 4.99 Å². The lowest BCUT2D eigenvalue weighted by Crippen LogP contribution is -2.21. The van der Waals surface area contributed by atoms with Gasteiger partial charge in [0.1, 0.15) is 0 Å². The SMILES string of the molecule is CCC1CCSC(Nc2ccccc2N(C)C)=N1. The number of benzene rings is 1. The zero-order chi connectivity index (χ0) is 13.0. The van der Waals surface area contributed by atoms with Crippen molar-refractivity contribution in [1.29, 1.82) is 0 Å². The highest BCUT2D eigenvalue weighted by Gasteiger charge is 2.15. The Morgan fingerprint density at radius 2 is 2.17 bits per heavy atom. The van der Waals surface area contributed by atoms with Crippen molar-refractivity contribution in [2.75, 3.05) is 30.1 Å². The highest BCUT2D eigenvalue weighted by atomic mass is 32.2. The number of thioether (sulfide) groups is 1. The van der Waals surface area contributed by atoms with Gasteiger partial charge < -0.3 is 10.2 Å². The fraction of sp³-hybridized carbons (Fsp3) is 0.500. The Bertz CT molecular complexity index is 429. The van der Waals surface area contributed by atoms with E-state index in [-0.39, 0.29) is 0 Å². The van der Waals surface area contributed by atoms with Crippen LogP contribution in [0.15, 0.2) is 29.3 Å². The Morgan fingerprint density at radius 3 is 2.89 bits per heavy atom. The van der Waals surface area contributed by atoms with Crippen LogP contribution in [0.2, 0.25) is 0 Å². The zero-order valence-electron chi connectivity index (χ0n) is 11.3. The number of hydrogen-bond donors (Lipinski definition) is 1. The lowest BCUT2D eigenvalue weighted by Gasteiger charge is -2.22. The van der Waals surface area contributed by atoms with Crippen LogP contribution in [-0.2, 0) is 0 Å². The summed E-state index contributed by atoms with van der Waals surface area (Å²) in [6.07, 6.45) is 2.32. The van der Waals surface area contributed by atoms with Crippen molar-refractivity contribution >= 4 is 28.3 Å². The van der Waals surface area contributed by atoms with E-state index in [0.29, 0.717) is 6.04 Å². The van der Waals surface area contributed by atoms with Crippen LogP contribution >= 0.6 is 11.8 Å². The van der Waals surface area contributed by atoms with Gasteiger partial charge in [-0.15, -0.1) is 0 Å². The number of hydrogen-bond acceptors (Lipinski definition) is 4. The summed E-state index contributed by atoms with van der Waals surface area (Å²) in [4.78, 5) is 6.86. The molecular formula is C14H21N3S. The molecular weight excluding hydrogens is 242 g/mol. The minimum atomic E-state index is 0.486. The number of amidine groups is 1. The normalized spacial score (nSPS) is 19.3. The molecule has 3 nitrogen and oxygen atoms in total. The molecule has 1 aromatic carbocycles. The van der Waals surface area contributed by atoms with Crippen LogP contribution < -0.4 is 10.2 Å². The maximum Gasteiger partial charge on any atom is 0.161 e. The van der Waals surface area contributed by atoms with Gasteiger partial charge in [0.15, 0.2) is 5.17 Å². The average Bonchev–Trinajstić information content (AvgIpc) is 2.39. The van der Waals surface area contributed by atoms with Crippen molar-refractivity contribution in [3.63, 3.8) is 0 Å². The van der Waals surface area contributed by atoms with E-state index >= 15 is 0 Å². The molecule has 0 spiro atoms. The molecule has 1 heterocycles. The molecule has 2 rings (SSSR count). The summed E-state index contributed by atoms with van der Waals surface area (Å²) in [7, 11) is 4.12. The van der Waals surface area contributed by atoms with E-state index in [0.717, 1.165) is 23.0 Å². The Hall–Kier alpha value is -1.16. The molecule has 0 fully saturated rings. The van der Waals surface area contributed by atoms with Crippen molar-refractivity contribution in [3.05, 3.63) is 24.3 Å². The number of aliphatic imine (C=N–C) groups is 1. The van der Waals surface area contributed by atoms with Crippen LogP contribution in [0, 0.1) is 0 Å². The molecule has 18 heavy (non-hydrogen) atoms. The van der Waals surface area contributed by atoms with Gasteiger partial charge in [0, 0.05) is 19.8 Å². The molecule has 0 bridgehead atoms. The minimum Gasteiger partial charge on any atom is -0.376 e. The zero-order valence-corrected chi connectivity index (χ0v) is 12.1. The second-order valence-corrected chi connectivity index (χ2v) is 5.75. The summed E-state index contributed by atoms with van der Waals surface area (Å²) in [5.41, 5.74) is 2.32. The van der Waals surface area contributed by atoms with Gasteiger partial charge in [-0.1, -0.05) is 30.8 Å². The van der Waals surface area contributed by atoms with Gasteiger partial charge in [-0.2, -0.15) is 0 Å². The minimum absolute atomic E-state index is 0.486. The summed E-state index contributed by atoms with van der Waals surface area (Å²) < 4.78 is 0. The van der Waals surface area contributed by atoms with Crippen molar-refractivity contribution in [2.45, 2.75) is 25.8 Å². The lowest BCUT2D eigenvalue weighted by molar-refractivity contribution is 0.634. The molecule has 1 aliphatic heterocycles. The monoisotopic (exact) mass is 263 g/mol. The van der Waals surface area contributed by atoms with E-state index in [1.807, 2.05) is 11.8 Å². The average molecular weight is 263 g/mol. The van der Waals surface area contributed by atoms with Crippen LogP contribution in [-0.4, -0.2) is 31.1 Å². The van der Waals surface area contributed by atoms with E-state index < -0.39 is 0 Å². The van der Waals surface area contributed by atoms with E-state index in [1.165, 1.54) is 12.1 Å². The number of para-hydroxylation sites is 2. The smallest absolute Gasteiger partial charge is 0.161 e. The van der Waals surface area contributed by atoms with Crippen LogP contribution in [0.1, 0.15) is 19.8 Å². The molecule has 1 aliphatic rings. The third-order valence-electron chi connectivity index (χ3n) is 3.09. The number of nitrogens with one attached hydrogen (secondary N) is 1. The highest BCUT2D eigenvalue weighted by Crippen LogP contribution is 2.27. The van der Waals surface area contributed by atoms with Crippen molar-refractivity contribution in [1.82, 2.24) is 0 Å². The van der Waals surface area contributed by atoms with Gasteiger partial charge in [0.2, 0.25) is 0 Å². The fourth-order valence-electron chi connectivity index (χ4n) is 2.01. The fourth-order valence-corrected chi connectivity index (χ4v) is 3.00. The first-order valence-corrected chi connectivity index (χ1v) is 7.43. The molecule has 1 atom stereocenters. The summed E-state index contributed by atoms with van der Waals surface area (Å²) in [5.74, 6) is 1.16. The molecule has 98 valence electrons. The first kappa shape index (κ1) is 13.3.